The van der Waals surface area contributed by atoms with Gasteiger partial charge >= 0.3 is 0 Å². The van der Waals surface area contributed by atoms with E-state index >= 15 is 0 Å². The number of carbonyl (C=O) groups excluding carboxylic acids is 1. The number of allylic oxidation sites excluding steroid dienone is 2. The van der Waals surface area contributed by atoms with Gasteiger partial charge in [-0.1, -0.05) is 18.2 Å². The van der Waals surface area contributed by atoms with Crippen LogP contribution in [0.25, 0.3) is 0 Å². The molecule has 0 spiro atoms. The van der Waals surface area contributed by atoms with Gasteiger partial charge in [-0.2, -0.15) is 0 Å². The molecule has 2 aliphatic rings. The summed E-state index contributed by atoms with van der Waals surface area (Å²) in [5, 5.41) is 6.32. The monoisotopic (exact) mass is 355 g/mol. The summed E-state index contributed by atoms with van der Waals surface area (Å²) in [6, 6.07) is 5.34. The minimum Gasteiger partial charge on any atom is -0.497 e. The van der Waals surface area contributed by atoms with Gasteiger partial charge in [0.25, 0.3) is 5.91 Å². The second-order valence-electron chi connectivity index (χ2n) is 6.18. The van der Waals surface area contributed by atoms with Gasteiger partial charge in [0.05, 0.1) is 26.9 Å². The van der Waals surface area contributed by atoms with E-state index in [1.807, 2.05) is 12.3 Å². The summed E-state index contributed by atoms with van der Waals surface area (Å²) >= 11 is 0. The third kappa shape index (κ3) is 4.26. The fourth-order valence-corrected chi connectivity index (χ4v) is 3.13. The molecule has 0 saturated carbocycles. The second-order valence-corrected chi connectivity index (χ2v) is 6.18. The van der Waals surface area contributed by atoms with E-state index < -0.39 is 0 Å². The van der Waals surface area contributed by atoms with Crippen molar-refractivity contribution < 1.29 is 14.3 Å². The van der Waals surface area contributed by atoms with Crippen molar-refractivity contribution in [3.8, 4) is 11.5 Å². The second kappa shape index (κ2) is 8.58. The van der Waals surface area contributed by atoms with Crippen LogP contribution in [-0.2, 0) is 0 Å². The summed E-state index contributed by atoms with van der Waals surface area (Å²) in [6.07, 6.45) is 11.5. The SMILES string of the molecule is COc1cc(OC)cc(C(=O)NCN2C=CC=CC2C2=CCNCC2)c1. The van der Waals surface area contributed by atoms with Crippen LogP contribution in [0.2, 0.25) is 0 Å². The summed E-state index contributed by atoms with van der Waals surface area (Å²) in [5.41, 5.74) is 1.89. The molecule has 0 fully saturated rings. The predicted molar refractivity (Wildman–Crippen MR) is 101 cm³/mol. The third-order valence-electron chi connectivity index (χ3n) is 4.55. The molecule has 0 aromatic heterocycles. The van der Waals surface area contributed by atoms with Crippen LogP contribution in [-0.4, -0.2) is 50.8 Å². The summed E-state index contributed by atoms with van der Waals surface area (Å²) in [4.78, 5) is 14.7. The highest BCUT2D eigenvalue weighted by atomic mass is 16.5. The number of benzene rings is 1. The largest absolute Gasteiger partial charge is 0.497 e. The zero-order valence-electron chi connectivity index (χ0n) is 15.2. The van der Waals surface area contributed by atoms with Gasteiger partial charge in [-0.15, -0.1) is 0 Å². The fourth-order valence-electron chi connectivity index (χ4n) is 3.13. The zero-order chi connectivity index (χ0) is 18.4. The van der Waals surface area contributed by atoms with Gasteiger partial charge in [-0.25, -0.2) is 0 Å². The van der Waals surface area contributed by atoms with Gasteiger partial charge in [-0.3, -0.25) is 4.79 Å². The molecule has 0 radical (unpaired) electrons. The number of nitrogens with one attached hydrogen (secondary N) is 2. The van der Waals surface area contributed by atoms with Gasteiger partial charge in [0.15, 0.2) is 0 Å². The van der Waals surface area contributed by atoms with Crippen molar-refractivity contribution >= 4 is 5.91 Å². The maximum atomic E-state index is 12.6. The zero-order valence-corrected chi connectivity index (χ0v) is 15.2. The van der Waals surface area contributed by atoms with Gasteiger partial charge < -0.3 is 25.0 Å². The molecule has 1 unspecified atom stereocenters. The lowest BCUT2D eigenvalue weighted by molar-refractivity contribution is 0.0931. The van der Waals surface area contributed by atoms with Crippen LogP contribution < -0.4 is 20.1 Å². The van der Waals surface area contributed by atoms with Crippen LogP contribution in [0.3, 0.4) is 0 Å². The Balaban J connectivity index is 1.67. The molecule has 1 atom stereocenters. The van der Waals surface area contributed by atoms with E-state index in [1.54, 1.807) is 32.4 Å². The lowest BCUT2D eigenvalue weighted by Crippen LogP contribution is -2.42. The fraction of sp³-hybridized carbons (Fsp3) is 0.350. The lowest BCUT2D eigenvalue weighted by Gasteiger charge is -2.33. The Bertz CT molecular complexity index is 718. The van der Waals surface area contributed by atoms with Crippen LogP contribution in [0.15, 0.2) is 54.3 Å². The number of ether oxygens (including phenoxy) is 2. The van der Waals surface area contributed by atoms with Crippen molar-refractivity contribution in [3.05, 3.63) is 59.8 Å². The van der Waals surface area contributed by atoms with Crippen molar-refractivity contribution in [1.29, 1.82) is 0 Å². The Kier molecular flexibility index (Phi) is 5.96. The first kappa shape index (κ1) is 18.1. The normalized spacial score (nSPS) is 19.1. The topological polar surface area (TPSA) is 62.8 Å². The molecule has 138 valence electrons. The summed E-state index contributed by atoms with van der Waals surface area (Å²) in [7, 11) is 3.14. The molecule has 6 heteroatoms. The van der Waals surface area contributed by atoms with E-state index in [0.29, 0.717) is 23.7 Å². The Labute approximate surface area is 154 Å². The summed E-state index contributed by atoms with van der Waals surface area (Å²) < 4.78 is 10.5. The van der Waals surface area contributed by atoms with E-state index in [0.717, 1.165) is 19.5 Å². The Morgan fingerprint density at radius 3 is 2.65 bits per heavy atom. The van der Waals surface area contributed by atoms with E-state index in [4.69, 9.17) is 9.47 Å². The highest BCUT2D eigenvalue weighted by Gasteiger charge is 2.21. The number of methoxy groups -OCH3 is 2. The van der Waals surface area contributed by atoms with Crippen LogP contribution in [0.4, 0.5) is 0 Å². The third-order valence-corrected chi connectivity index (χ3v) is 4.55. The molecule has 1 amide bonds. The Hall–Kier alpha value is -2.73. The highest BCUT2D eigenvalue weighted by molar-refractivity contribution is 5.95. The molecule has 1 aromatic rings. The Morgan fingerprint density at radius 1 is 1.23 bits per heavy atom. The number of carbonyl (C=O) groups is 1. The smallest absolute Gasteiger partial charge is 0.252 e. The van der Waals surface area contributed by atoms with Gasteiger partial charge in [0, 0.05) is 24.4 Å². The highest BCUT2D eigenvalue weighted by Crippen LogP contribution is 2.23. The van der Waals surface area contributed by atoms with Crippen molar-refractivity contribution in [3.63, 3.8) is 0 Å². The maximum absolute atomic E-state index is 12.6. The van der Waals surface area contributed by atoms with Crippen molar-refractivity contribution in [1.82, 2.24) is 15.5 Å². The standard InChI is InChI=1S/C20H25N3O3/c1-25-17-11-16(12-18(13-17)26-2)20(24)22-14-23-10-4-3-5-19(23)15-6-8-21-9-7-15/h3-6,10-13,19,21H,7-9,14H2,1-2H3,(H,22,24). The van der Waals surface area contributed by atoms with Crippen LogP contribution in [0.1, 0.15) is 16.8 Å². The van der Waals surface area contributed by atoms with E-state index in [2.05, 4.69) is 33.8 Å². The number of rotatable bonds is 6. The Morgan fingerprint density at radius 2 is 2.00 bits per heavy atom. The van der Waals surface area contributed by atoms with E-state index in [9.17, 15) is 4.79 Å². The maximum Gasteiger partial charge on any atom is 0.252 e. The molecule has 3 rings (SSSR count). The first-order chi connectivity index (χ1) is 12.7. The average molecular weight is 355 g/mol. The molecule has 2 aliphatic heterocycles. The number of amides is 1. The average Bonchev–Trinajstić information content (AvgIpc) is 2.72. The molecule has 2 heterocycles. The predicted octanol–water partition coefficient (Wildman–Crippen LogP) is 2.06. The van der Waals surface area contributed by atoms with Crippen molar-refractivity contribution in [2.75, 3.05) is 34.0 Å². The molecule has 0 aliphatic carbocycles. The molecular weight excluding hydrogens is 330 g/mol. The molecule has 6 nitrogen and oxygen atoms in total. The molecule has 0 saturated heterocycles. The first-order valence-electron chi connectivity index (χ1n) is 8.73. The molecule has 2 N–H and O–H groups in total. The van der Waals surface area contributed by atoms with E-state index in [-0.39, 0.29) is 11.9 Å². The minimum atomic E-state index is -0.164. The quantitative estimate of drug-likeness (QED) is 0.765. The minimum absolute atomic E-state index is 0.164. The number of hydrogen-bond donors (Lipinski definition) is 2. The molecular formula is C20H25N3O3. The molecule has 26 heavy (non-hydrogen) atoms. The number of nitrogens with zero attached hydrogens (tertiary/aromatic N) is 1. The number of hydrogen-bond acceptors (Lipinski definition) is 5. The van der Waals surface area contributed by atoms with Gasteiger partial charge in [0.1, 0.15) is 11.5 Å². The summed E-state index contributed by atoms with van der Waals surface area (Å²) in [5.74, 6) is 1.02. The van der Waals surface area contributed by atoms with Gasteiger partial charge in [0.2, 0.25) is 0 Å². The molecule has 0 bridgehead atoms. The van der Waals surface area contributed by atoms with Crippen molar-refractivity contribution in [2.45, 2.75) is 12.5 Å². The summed E-state index contributed by atoms with van der Waals surface area (Å²) in [6.45, 7) is 2.31. The van der Waals surface area contributed by atoms with Crippen LogP contribution in [0, 0.1) is 0 Å². The van der Waals surface area contributed by atoms with Gasteiger partial charge in [-0.05, 0) is 36.7 Å². The lowest BCUT2D eigenvalue weighted by atomic mass is 9.98. The van der Waals surface area contributed by atoms with Crippen LogP contribution in [0.5, 0.6) is 11.5 Å². The van der Waals surface area contributed by atoms with Crippen LogP contribution >= 0.6 is 0 Å². The van der Waals surface area contributed by atoms with E-state index in [1.165, 1.54) is 5.57 Å². The van der Waals surface area contributed by atoms with Crippen molar-refractivity contribution in [2.24, 2.45) is 0 Å². The molecule has 1 aromatic carbocycles. The first-order valence-corrected chi connectivity index (χ1v) is 8.73.